The van der Waals surface area contributed by atoms with Gasteiger partial charge in [-0.1, -0.05) is 54.9 Å². The summed E-state index contributed by atoms with van der Waals surface area (Å²) in [6.07, 6.45) is 6.13. The van der Waals surface area contributed by atoms with Crippen LogP contribution in [0.5, 0.6) is 5.75 Å². The van der Waals surface area contributed by atoms with Crippen molar-refractivity contribution in [1.82, 2.24) is 4.57 Å². The number of aryl methyl sites for hydroxylation is 1. The van der Waals surface area contributed by atoms with E-state index in [9.17, 15) is 9.90 Å². The van der Waals surface area contributed by atoms with Crippen molar-refractivity contribution in [2.24, 2.45) is 0 Å². The van der Waals surface area contributed by atoms with Crippen LogP contribution in [0.2, 0.25) is 0 Å². The third-order valence-electron chi connectivity index (χ3n) is 4.77. The Labute approximate surface area is 158 Å². The Morgan fingerprint density at radius 2 is 1.54 bits per heavy atom. The normalized spacial score (nSPS) is 12.4. The summed E-state index contributed by atoms with van der Waals surface area (Å²) in [5.41, 5.74) is 2.50. The molecule has 26 heavy (non-hydrogen) atoms. The van der Waals surface area contributed by atoms with E-state index in [0.717, 1.165) is 30.5 Å². The Kier molecular flexibility index (Phi) is 5.70. The first-order valence-electron chi connectivity index (χ1n) is 9.53. The number of rotatable bonds is 5. The highest BCUT2D eigenvalue weighted by molar-refractivity contribution is 6.09. The summed E-state index contributed by atoms with van der Waals surface area (Å²) in [7, 11) is 0. The van der Waals surface area contributed by atoms with Gasteiger partial charge in [-0.15, -0.1) is 0 Å². The lowest BCUT2D eigenvalue weighted by molar-refractivity contribution is 0.103. The molecule has 0 bridgehead atoms. The zero-order valence-electron chi connectivity index (χ0n) is 17.3. The van der Waals surface area contributed by atoms with Gasteiger partial charge in [-0.3, -0.25) is 4.79 Å². The van der Waals surface area contributed by atoms with Gasteiger partial charge >= 0.3 is 0 Å². The highest BCUT2D eigenvalue weighted by Gasteiger charge is 2.28. The minimum absolute atomic E-state index is 0.0104. The van der Waals surface area contributed by atoms with E-state index in [2.05, 4.69) is 53.0 Å². The summed E-state index contributed by atoms with van der Waals surface area (Å²) >= 11 is 0. The topological polar surface area (TPSA) is 42.2 Å². The van der Waals surface area contributed by atoms with Crippen LogP contribution >= 0.6 is 0 Å². The molecule has 0 unspecified atom stereocenters. The third-order valence-corrected chi connectivity index (χ3v) is 4.77. The van der Waals surface area contributed by atoms with Crippen LogP contribution in [0.25, 0.3) is 0 Å². The smallest absolute Gasteiger partial charge is 0.194 e. The number of carbonyl (C=O) groups excluding carboxylic acids is 1. The monoisotopic (exact) mass is 355 g/mol. The van der Waals surface area contributed by atoms with E-state index in [4.69, 9.17) is 0 Å². The molecule has 0 amide bonds. The van der Waals surface area contributed by atoms with E-state index < -0.39 is 0 Å². The molecular weight excluding hydrogens is 322 g/mol. The summed E-state index contributed by atoms with van der Waals surface area (Å²) in [6.45, 7) is 15.4. The van der Waals surface area contributed by atoms with E-state index in [-0.39, 0.29) is 16.6 Å². The summed E-state index contributed by atoms with van der Waals surface area (Å²) in [4.78, 5) is 13.1. The molecule has 1 N–H and O–H groups in total. The van der Waals surface area contributed by atoms with Crippen molar-refractivity contribution >= 4 is 5.78 Å². The fourth-order valence-electron chi connectivity index (χ4n) is 3.13. The van der Waals surface area contributed by atoms with Crippen molar-refractivity contribution in [2.45, 2.75) is 78.7 Å². The van der Waals surface area contributed by atoms with E-state index in [1.54, 1.807) is 0 Å². The fourth-order valence-corrected chi connectivity index (χ4v) is 3.13. The van der Waals surface area contributed by atoms with Gasteiger partial charge in [0, 0.05) is 41.2 Å². The Hall–Kier alpha value is -2.03. The molecule has 2 rings (SSSR count). The van der Waals surface area contributed by atoms with Crippen molar-refractivity contribution < 1.29 is 9.90 Å². The average Bonchev–Trinajstić information content (AvgIpc) is 2.99. The second-order valence-electron chi connectivity index (χ2n) is 9.24. The Morgan fingerprint density at radius 3 is 2.00 bits per heavy atom. The maximum atomic E-state index is 13.1. The van der Waals surface area contributed by atoms with Gasteiger partial charge in [-0.05, 0) is 35.4 Å². The van der Waals surface area contributed by atoms with E-state index in [1.807, 2.05) is 30.6 Å². The zero-order chi connectivity index (χ0) is 19.7. The first kappa shape index (κ1) is 20.3. The van der Waals surface area contributed by atoms with E-state index >= 15 is 0 Å². The molecule has 0 radical (unpaired) electrons. The quantitative estimate of drug-likeness (QED) is 0.687. The largest absolute Gasteiger partial charge is 0.507 e. The molecule has 3 nitrogen and oxygen atoms in total. The van der Waals surface area contributed by atoms with Crippen LogP contribution in [0.4, 0.5) is 0 Å². The predicted molar refractivity (Wildman–Crippen MR) is 108 cm³/mol. The van der Waals surface area contributed by atoms with Crippen LogP contribution in [0.1, 0.15) is 88.4 Å². The minimum Gasteiger partial charge on any atom is -0.507 e. The number of benzene rings is 1. The highest BCUT2D eigenvalue weighted by atomic mass is 16.3. The number of phenolic OH excluding ortho intramolecular Hbond substituents is 1. The molecule has 2 aromatic rings. The van der Waals surface area contributed by atoms with Crippen molar-refractivity contribution in [1.29, 1.82) is 0 Å². The number of hydrogen-bond donors (Lipinski definition) is 1. The van der Waals surface area contributed by atoms with Crippen molar-refractivity contribution in [3.05, 3.63) is 52.8 Å². The molecule has 0 aliphatic heterocycles. The van der Waals surface area contributed by atoms with Crippen LogP contribution < -0.4 is 0 Å². The summed E-state index contributed by atoms with van der Waals surface area (Å²) < 4.78 is 2.08. The molecular formula is C23H33NO2. The number of aromatic hydroxyl groups is 1. The Morgan fingerprint density at radius 1 is 1.00 bits per heavy atom. The number of unbranched alkanes of at least 4 members (excludes halogenated alkanes) is 1. The molecule has 142 valence electrons. The number of ketones is 1. The number of aromatic nitrogens is 1. The molecule has 0 saturated heterocycles. The van der Waals surface area contributed by atoms with Gasteiger partial charge < -0.3 is 9.67 Å². The number of nitrogens with zero attached hydrogens (tertiary/aromatic N) is 1. The number of carbonyl (C=O) groups is 1. The fraction of sp³-hybridized carbons (Fsp3) is 0.522. The first-order valence-corrected chi connectivity index (χ1v) is 9.53. The second-order valence-corrected chi connectivity index (χ2v) is 9.24. The van der Waals surface area contributed by atoms with Gasteiger partial charge in [0.15, 0.2) is 5.78 Å². The van der Waals surface area contributed by atoms with Gasteiger partial charge in [0.05, 0.1) is 0 Å². The molecule has 0 saturated carbocycles. The van der Waals surface area contributed by atoms with Crippen LogP contribution in [-0.2, 0) is 17.4 Å². The zero-order valence-corrected chi connectivity index (χ0v) is 17.3. The van der Waals surface area contributed by atoms with Crippen LogP contribution in [0.3, 0.4) is 0 Å². The van der Waals surface area contributed by atoms with Crippen molar-refractivity contribution in [3.8, 4) is 5.75 Å². The Bertz CT molecular complexity index is 750. The second kappa shape index (κ2) is 7.30. The SMILES string of the molecule is CCCCn1ccc(C(=O)c2cc(C(C)(C)C)c(O)c(C(C)(C)C)c2)c1. The van der Waals surface area contributed by atoms with Gasteiger partial charge in [-0.2, -0.15) is 0 Å². The molecule has 1 heterocycles. The molecule has 0 atom stereocenters. The van der Waals surface area contributed by atoms with Gasteiger partial charge in [-0.25, -0.2) is 0 Å². The molecule has 0 aliphatic rings. The van der Waals surface area contributed by atoms with Gasteiger partial charge in [0.1, 0.15) is 5.75 Å². The van der Waals surface area contributed by atoms with E-state index in [0.29, 0.717) is 16.9 Å². The van der Waals surface area contributed by atoms with E-state index in [1.165, 1.54) is 0 Å². The van der Waals surface area contributed by atoms with Crippen LogP contribution in [0.15, 0.2) is 30.6 Å². The predicted octanol–water partition coefficient (Wildman–Crippen LogP) is 5.82. The molecule has 1 aromatic heterocycles. The van der Waals surface area contributed by atoms with Crippen LogP contribution in [0, 0.1) is 0 Å². The van der Waals surface area contributed by atoms with Crippen molar-refractivity contribution in [2.75, 3.05) is 0 Å². The summed E-state index contributed by atoms with van der Waals surface area (Å²) in [6, 6.07) is 5.60. The van der Waals surface area contributed by atoms with Crippen molar-refractivity contribution in [3.63, 3.8) is 0 Å². The molecule has 0 spiro atoms. The lowest BCUT2D eigenvalue weighted by atomic mass is 9.78. The molecule has 3 heteroatoms. The minimum atomic E-state index is -0.243. The van der Waals surface area contributed by atoms with Gasteiger partial charge in [0.2, 0.25) is 0 Å². The molecule has 0 aliphatic carbocycles. The maximum absolute atomic E-state index is 13.1. The lowest BCUT2D eigenvalue weighted by Gasteiger charge is -2.28. The summed E-state index contributed by atoms with van der Waals surface area (Å²) in [5, 5.41) is 10.8. The lowest BCUT2D eigenvalue weighted by Crippen LogP contribution is -2.19. The summed E-state index contributed by atoms with van der Waals surface area (Å²) in [5.74, 6) is 0.318. The number of hydrogen-bond acceptors (Lipinski definition) is 2. The maximum Gasteiger partial charge on any atom is 0.194 e. The third kappa shape index (κ3) is 4.38. The van der Waals surface area contributed by atoms with Gasteiger partial charge in [0.25, 0.3) is 0 Å². The Balaban J connectivity index is 2.51. The average molecular weight is 356 g/mol. The first-order chi connectivity index (χ1) is 11.9. The number of phenols is 1. The standard InChI is InChI=1S/C23H33NO2/c1-8-9-11-24-12-10-16(15-24)20(25)17-13-18(22(2,3)4)21(26)19(14-17)23(5,6)7/h10,12-15,26H,8-9,11H2,1-7H3. The molecule has 0 fully saturated rings. The van der Waals surface area contributed by atoms with Crippen LogP contribution in [-0.4, -0.2) is 15.5 Å². The molecule has 1 aromatic carbocycles. The highest BCUT2D eigenvalue weighted by Crippen LogP contribution is 2.40.